The van der Waals surface area contributed by atoms with Gasteiger partial charge in [0.05, 0.1) is 5.39 Å². The van der Waals surface area contributed by atoms with E-state index in [0.29, 0.717) is 23.1 Å². The molecule has 30 heavy (non-hydrogen) atoms. The maximum absolute atomic E-state index is 12.3. The average Bonchev–Trinajstić information content (AvgIpc) is 2.71. The van der Waals surface area contributed by atoms with Gasteiger partial charge in [-0.1, -0.05) is 43.7 Å². The van der Waals surface area contributed by atoms with E-state index in [1.54, 1.807) is 12.1 Å². The summed E-state index contributed by atoms with van der Waals surface area (Å²) in [5.41, 5.74) is 2.28. The number of carbonyl (C=O) groups is 2. The van der Waals surface area contributed by atoms with Crippen LogP contribution in [0, 0.1) is 6.92 Å². The summed E-state index contributed by atoms with van der Waals surface area (Å²) in [4.78, 5) is 36.0. The van der Waals surface area contributed by atoms with E-state index in [1.807, 2.05) is 44.2 Å². The predicted octanol–water partition coefficient (Wildman–Crippen LogP) is 3.89. The molecule has 3 rings (SSSR count). The second-order valence-corrected chi connectivity index (χ2v) is 6.87. The van der Waals surface area contributed by atoms with Crippen LogP contribution in [-0.2, 0) is 22.6 Å². The highest BCUT2D eigenvalue weighted by Crippen LogP contribution is 2.30. The molecular weight excluding hydrogens is 386 g/mol. The van der Waals surface area contributed by atoms with E-state index in [4.69, 9.17) is 13.9 Å². The van der Waals surface area contributed by atoms with Gasteiger partial charge >= 0.3 is 17.7 Å². The third-order valence-electron chi connectivity index (χ3n) is 4.37. The maximum atomic E-state index is 12.3. The molecule has 2 aromatic carbocycles. The largest absolute Gasteiger partial charge is 0.445 e. The van der Waals surface area contributed by atoms with Crippen LogP contribution < -0.4 is 15.7 Å². The molecule has 1 aromatic heterocycles. The van der Waals surface area contributed by atoms with Crippen molar-refractivity contribution in [3.63, 3.8) is 0 Å². The lowest BCUT2D eigenvalue weighted by Crippen LogP contribution is -2.32. The van der Waals surface area contributed by atoms with Gasteiger partial charge in [0.25, 0.3) is 0 Å². The number of esters is 1. The summed E-state index contributed by atoms with van der Waals surface area (Å²) in [6, 6.07) is 14.1. The Bertz CT molecular complexity index is 1100. The summed E-state index contributed by atoms with van der Waals surface area (Å²) < 4.78 is 15.8. The first-order valence-electron chi connectivity index (χ1n) is 9.69. The quantitative estimate of drug-likeness (QED) is 0.361. The number of rotatable bonds is 7. The molecule has 0 atom stereocenters. The molecule has 1 N–H and O–H groups in total. The van der Waals surface area contributed by atoms with Gasteiger partial charge < -0.3 is 19.2 Å². The van der Waals surface area contributed by atoms with Crippen molar-refractivity contribution in [3.05, 3.63) is 75.6 Å². The number of alkyl carbamates (subject to hydrolysis) is 1. The minimum atomic E-state index is -0.720. The molecule has 0 aliphatic carbocycles. The summed E-state index contributed by atoms with van der Waals surface area (Å²) in [5.74, 6) is -0.367. The Hall–Kier alpha value is -3.61. The highest BCUT2D eigenvalue weighted by Gasteiger charge is 2.16. The summed E-state index contributed by atoms with van der Waals surface area (Å²) in [6.45, 7) is 3.54. The van der Waals surface area contributed by atoms with E-state index < -0.39 is 17.7 Å². The Morgan fingerprint density at radius 2 is 1.87 bits per heavy atom. The van der Waals surface area contributed by atoms with E-state index in [2.05, 4.69) is 5.32 Å². The molecule has 0 fully saturated rings. The molecule has 1 amide bonds. The van der Waals surface area contributed by atoms with Crippen molar-refractivity contribution in [3.8, 4) is 5.75 Å². The van der Waals surface area contributed by atoms with Gasteiger partial charge in [-0.3, -0.25) is 0 Å². The second kappa shape index (κ2) is 9.73. The van der Waals surface area contributed by atoms with Crippen LogP contribution >= 0.6 is 0 Å². The number of aryl methyl sites for hydroxylation is 2. The number of carbonyl (C=O) groups excluding carboxylic acids is 2. The van der Waals surface area contributed by atoms with Gasteiger partial charge in [0.1, 0.15) is 24.5 Å². The van der Waals surface area contributed by atoms with Gasteiger partial charge in [-0.2, -0.15) is 0 Å². The van der Waals surface area contributed by atoms with Crippen molar-refractivity contribution in [2.45, 2.75) is 33.3 Å². The predicted molar refractivity (Wildman–Crippen MR) is 111 cm³/mol. The van der Waals surface area contributed by atoms with Gasteiger partial charge in [-0.05, 0) is 42.2 Å². The number of hydrogen-bond acceptors (Lipinski definition) is 6. The maximum Gasteiger partial charge on any atom is 0.407 e. The topological polar surface area (TPSA) is 94.8 Å². The van der Waals surface area contributed by atoms with Crippen LogP contribution in [0.5, 0.6) is 5.75 Å². The normalized spacial score (nSPS) is 10.6. The van der Waals surface area contributed by atoms with E-state index >= 15 is 0 Å². The Labute approximate surface area is 173 Å². The fourth-order valence-corrected chi connectivity index (χ4v) is 3.09. The van der Waals surface area contributed by atoms with Crippen LogP contribution in [0.1, 0.15) is 30.0 Å². The fraction of sp³-hybridized carbons (Fsp3) is 0.261. The highest BCUT2D eigenvalue weighted by molar-refractivity contribution is 5.90. The number of amides is 1. The smallest absolute Gasteiger partial charge is 0.407 e. The highest BCUT2D eigenvalue weighted by atomic mass is 16.6. The number of ether oxygens (including phenoxy) is 2. The number of benzene rings is 2. The summed E-state index contributed by atoms with van der Waals surface area (Å²) in [6.07, 6.45) is 0.733. The first-order chi connectivity index (χ1) is 14.5. The SMILES string of the molecule is CCCc1cc(=O)oc2cc(C)cc(OC(=O)CNC(=O)OCc3ccccc3)c12. The molecule has 0 aliphatic heterocycles. The minimum Gasteiger partial charge on any atom is -0.445 e. The van der Waals surface area contributed by atoms with Crippen LogP contribution in [0.3, 0.4) is 0 Å². The van der Waals surface area contributed by atoms with Crippen molar-refractivity contribution in [2.24, 2.45) is 0 Å². The van der Waals surface area contributed by atoms with Crippen molar-refractivity contribution in [2.75, 3.05) is 6.54 Å². The summed E-state index contributed by atoms with van der Waals surface area (Å²) in [5, 5.41) is 2.96. The molecule has 7 nitrogen and oxygen atoms in total. The van der Waals surface area contributed by atoms with Crippen molar-refractivity contribution in [1.29, 1.82) is 0 Å². The Balaban J connectivity index is 1.67. The number of hydrogen-bond donors (Lipinski definition) is 1. The molecule has 7 heteroatoms. The zero-order valence-electron chi connectivity index (χ0n) is 16.9. The molecule has 0 unspecified atom stereocenters. The van der Waals surface area contributed by atoms with Crippen LogP contribution in [0.2, 0.25) is 0 Å². The third kappa shape index (κ3) is 5.47. The third-order valence-corrected chi connectivity index (χ3v) is 4.37. The van der Waals surface area contributed by atoms with Gasteiger partial charge in [0.15, 0.2) is 0 Å². The van der Waals surface area contributed by atoms with E-state index in [1.165, 1.54) is 6.07 Å². The molecule has 0 aliphatic rings. The van der Waals surface area contributed by atoms with Crippen molar-refractivity contribution < 1.29 is 23.5 Å². The zero-order chi connectivity index (χ0) is 21.5. The van der Waals surface area contributed by atoms with Crippen molar-refractivity contribution >= 4 is 23.0 Å². The van der Waals surface area contributed by atoms with E-state index in [0.717, 1.165) is 23.1 Å². The van der Waals surface area contributed by atoms with Crippen LogP contribution in [0.15, 0.2) is 57.7 Å². The molecule has 0 bridgehead atoms. The Morgan fingerprint density at radius 1 is 1.10 bits per heavy atom. The molecule has 3 aromatic rings. The lowest BCUT2D eigenvalue weighted by molar-refractivity contribution is -0.133. The van der Waals surface area contributed by atoms with E-state index in [-0.39, 0.29) is 13.2 Å². The first kappa shape index (κ1) is 21.1. The second-order valence-electron chi connectivity index (χ2n) is 6.87. The first-order valence-corrected chi connectivity index (χ1v) is 9.69. The fourth-order valence-electron chi connectivity index (χ4n) is 3.09. The molecule has 1 heterocycles. The zero-order valence-corrected chi connectivity index (χ0v) is 16.9. The molecule has 0 spiro atoms. The summed E-state index contributed by atoms with van der Waals surface area (Å²) >= 11 is 0. The molecular formula is C23H23NO6. The molecule has 0 saturated carbocycles. The lowest BCUT2D eigenvalue weighted by Gasteiger charge is -2.12. The van der Waals surface area contributed by atoms with E-state index in [9.17, 15) is 14.4 Å². The van der Waals surface area contributed by atoms with Crippen molar-refractivity contribution in [1.82, 2.24) is 5.32 Å². The number of nitrogens with one attached hydrogen (secondary N) is 1. The van der Waals surface area contributed by atoms with Crippen LogP contribution in [-0.4, -0.2) is 18.6 Å². The minimum absolute atomic E-state index is 0.101. The van der Waals surface area contributed by atoms with Gasteiger partial charge in [0.2, 0.25) is 0 Å². The van der Waals surface area contributed by atoms with Gasteiger partial charge in [0, 0.05) is 6.07 Å². The monoisotopic (exact) mass is 409 g/mol. The summed E-state index contributed by atoms with van der Waals surface area (Å²) in [7, 11) is 0. The average molecular weight is 409 g/mol. The standard InChI is InChI=1S/C23H23NO6/c1-3-7-17-12-20(25)29-18-10-15(2)11-19(22(17)18)30-21(26)13-24-23(27)28-14-16-8-5-4-6-9-16/h4-6,8-12H,3,7,13-14H2,1-2H3,(H,24,27). The van der Waals surface area contributed by atoms with Crippen LogP contribution in [0.25, 0.3) is 11.0 Å². The van der Waals surface area contributed by atoms with Crippen LogP contribution in [0.4, 0.5) is 4.79 Å². The Morgan fingerprint density at radius 3 is 2.60 bits per heavy atom. The van der Waals surface area contributed by atoms with Gasteiger partial charge in [-0.25, -0.2) is 14.4 Å². The molecule has 156 valence electrons. The van der Waals surface area contributed by atoms with Gasteiger partial charge in [-0.15, -0.1) is 0 Å². The number of fused-ring (bicyclic) bond motifs is 1. The lowest BCUT2D eigenvalue weighted by atomic mass is 10.0. The molecule has 0 radical (unpaired) electrons. The Kier molecular flexibility index (Phi) is 6.85. The molecule has 0 saturated heterocycles.